The van der Waals surface area contributed by atoms with Crippen LogP contribution in [0, 0.1) is 0 Å². The van der Waals surface area contributed by atoms with Gasteiger partial charge < -0.3 is 10.1 Å². The average molecular weight is 346 g/mol. The molecule has 0 saturated heterocycles. The third-order valence-electron chi connectivity index (χ3n) is 3.73. The van der Waals surface area contributed by atoms with Crippen molar-refractivity contribution < 1.29 is 14.3 Å². The van der Waals surface area contributed by atoms with Crippen LogP contribution >= 0.6 is 11.6 Å². The Bertz CT molecular complexity index is 767. The molecule has 2 heterocycles. The zero-order chi connectivity index (χ0) is 17.1. The Balaban J connectivity index is 1.72. The smallest absolute Gasteiger partial charge is 0.265 e. The van der Waals surface area contributed by atoms with Crippen molar-refractivity contribution in [2.45, 2.75) is 13.0 Å². The van der Waals surface area contributed by atoms with Crippen LogP contribution in [-0.4, -0.2) is 29.9 Å². The van der Waals surface area contributed by atoms with Crippen molar-refractivity contribution in [2.24, 2.45) is 0 Å². The summed E-state index contributed by atoms with van der Waals surface area (Å²) in [4.78, 5) is 29.9. The van der Waals surface area contributed by atoms with Crippen LogP contribution in [0.2, 0.25) is 5.02 Å². The van der Waals surface area contributed by atoms with Crippen molar-refractivity contribution in [1.82, 2.24) is 10.3 Å². The highest BCUT2D eigenvalue weighted by Crippen LogP contribution is 2.34. The van der Waals surface area contributed by atoms with Crippen LogP contribution in [0.3, 0.4) is 0 Å². The molecular formula is C17H16ClN3O3. The Morgan fingerprint density at radius 3 is 3.04 bits per heavy atom. The molecule has 0 aliphatic carbocycles. The van der Waals surface area contributed by atoms with Crippen LogP contribution in [0.15, 0.2) is 42.7 Å². The summed E-state index contributed by atoms with van der Waals surface area (Å²) in [5.41, 5.74) is 1.39. The second kappa shape index (κ2) is 6.88. The van der Waals surface area contributed by atoms with E-state index in [0.717, 1.165) is 5.56 Å². The number of rotatable bonds is 4. The van der Waals surface area contributed by atoms with Crippen LogP contribution in [0.1, 0.15) is 18.5 Å². The van der Waals surface area contributed by atoms with Crippen LogP contribution in [-0.2, 0) is 9.59 Å². The molecule has 1 aliphatic rings. The standard InChI is InChI=1S/C17H16ClN3O3/c1-11(12-3-2-6-19-8-12)20-16(22)9-21-14-7-13(18)4-5-15(14)24-10-17(21)23/h2-8,11H,9-10H2,1H3,(H,20,22)/t11-/m1/s1. The van der Waals surface area contributed by atoms with E-state index < -0.39 is 0 Å². The van der Waals surface area contributed by atoms with Gasteiger partial charge in [0.25, 0.3) is 5.91 Å². The Morgan fingerprint density at radius 1 is 1.46 bits per heavy atom. The van der Waals surface area contributed by atoms with Gasteiger partial charge in [-0.15, -0.1) is 0 Å². The first-order chi connectivity index (χ1) is 11.5. The van der Waals surface area contributed by atoms with Gasteiger partial charge in [0.1, 0.15) is 12.3 Å². The average Bonchev–Trinajstić information content (AvgIpc) is 2.58. The SMILES string of the molecule is C[C@@H](NC(=O)CN1C(=O)COc2ccc(Cl)cc21)c1cccnc1. The van der Waals surface area contributed by atoms with Crippen LogP contribution < -0.4 is 15.0 Å². The summed E-state index contributed by atoms with van der Waals surface area (Å²) in [6, 6.07) is 8.47. The second-order valence-corrected chi connectivity index (χ2v) is 5.89. The van der Waals surface area contributed by atoms with Crippen molar-refractivity contribution >= 4 is 29.1 Å². The number of pyridine rings is 1. The molecular weight excluding hydrogens is 330 g/mol. The summed E-state index contributed by atoms with van der Waals surface area (Å²) >= 11 is 5.99. The Labute approximate surface area is 144 Å². The summed E-state index contributed by atoms with van der Waals surface area (Å²) in [5, 5.41) is 3.34. The third-order valence-corrected chi connectivity index (χ3v) is 3.96. The number of nitrogens with zero attached hydrogens (tertiary/aromatic N) is 2. The molecule has 0 saturated carbocycles. The highest BCUT2D eigenvalue weighted by atomic mass is 35.5. The number of hydrogen-bond donors (Lipinski definition) is 1. The summed E-state index contributed by atoms with van der Waals surface area (Å²) in [6.07, 6.45) is 3.37. The predicted octanol–water partition coefficient (Wildman–Crippen LogP) is 2.34. The molecule has 0 unspecified atom stereocenters. The number of ether oxygens (including phenoxy) is 1. The molecule has 0 fully saturated rings. The highest BCUT2D eigenvalue weighted by molar-refractivity contribution is 6.31. The summed E-state index contributed by atoms with van der Waals surface area (Å²) in [6.45, 7) is 1.67. The minimum absolute atomic E-state index is 0.0971. The lowest BCUT2D eigenvalue weighted by Crippen LogP contribution is -2.45. The lowest BCUT2D eigenvalue weighted by molar-refractivity contribution is -0.125. The molecule has 0 bridgehead atoms. The first-order valence-electron chi connectivity index (χ1n) is 7.46. The number of carbonyl (C=O) groups excluding carboxylic acids is 2. The Morgan fingerprint density at radius 2 is 2.29 bits per heavy atom. The largest absolute Gasteiger partial charge is 0.482 e. The zero-order valence-electron chi connectivity index (χ0n) is 13.0. The number of amides is 2. The van der Waals surface area contributed by atoms with Gasteiger partial charge in [-0.05, 0) is 36.8 Å². The molecule has 7 heteroatoms. The first kappa shape index (κ1) is 16.3. The van der Waals surface area contributed by atoms with Gasteiger partial charge in [0.05, 0.1) is 11.7 Å². The number of carbonyl (C=O) groups is 2. The molecule has 1 aliphatic heterocycles. The molecule has 3 rings (SSSR count). The maximum atomic E-state index is 12.3. The van der Waals surface area contributed by atoms with Gasteiger partial charge in [-0.2, -0.15) is 0 Å². The molecule has 0 spiro atoms. The number of aromatic nitrogens is 1. The van der Waals surface area contributed by atoms with E-state index in [2.05, 4.69) is 10.3 Å². The molecule has 2 aromatic rings. The van der Waals surface area contributed by atoms with Crippen molar-refractivity contribution in [1.29, 1.82) is 0 Å². The van der Waals surface area contributed by atoms with Crippen molar-refractivity contribution in [3.8, 4) is 5.75 Å². The van der Waals surface area contributed by atoms with Crippen LogP contribution in [0.25, 0.3) is 0 Å². The van der Waals surface area contributed by atoms with Gasteiger partial charge in [0.15, 0.2) is 6.61 Å². The zero-order valence-corrected chi connectivity index (χ0v) is 13.8. The van der Waals surface area contributed by atoms with E-state index in [1.54, 1.807) is 30.6 Å². The van der Waals surface area contributed by atoms with E-state index in [-0.39, 0.29) is 31.0 Å². The van der Waals surface area contributed by atoms with Gasteiger partial charge >= 0.3 is 0 Å². The Hall–Kier alpha value is -2.60. The van der Waals surface area contributed by atoms with E-state index in [4.69, 9.17) is 16.3 Å². The van der Waals surface area contributed by atoms with E-state index >= 15 is 0 Å². The first-order valence-corrected chi connectivity index (χ1v) is 7.84. The lowest BCUT2D eigenvalue weighted by Gasteiger charge is -2.29. The molecule has 124 valence electrons. The fourth-order valence-electron chi connectivity index (χ4n) is 2.49. The van der Waals surface area contributed by atoms with Crippen molar-refractivity contribution in [3.05, 3.63) is 53.3 Å². The molecule has 1 N–H and O–H groups in total. The molecule has 0 radical (unpaired) electrons. The fraction of sp³-hybridized carbons (Fsp3) is 0.235. The fourth-order valence-corrected chi connectivity index (χ4v) is 2.66. The summed E-state index contributed by atoms with van der Waals surface area (Å²) in [5.74, 6) is -0.0198. The van der Waals surface area contributed by atoms with Crippen LogP contribution in [0.4, 0.5) is 5.69 Å². The molecule has 24 heavy (non-hydrogen) atoms. The number of anilines is 1. The quantitative estimate of drug-likeness (QED) is 0.923. The summed E-state index contributed by atoms with van der Waals surface area (Å²) in [7, 11) is 0. The number of hydrogen-bond acceptors (Lipinski definition) is 4. The minimum atomic E-state index is -0.283. The van der Waals surface area contributed by atoms with E-state index in [1.165, 1.54) is 4.90 Å². The molecule has 1 aromatic carbocycles. The van der Waals surface area contributed by atoms with Crippen LogP contribution in [0.5, 0.6) is 5.75 Å². The Kier molecular flexibility index (Phi) is 4.66. The topological polar surface area (TPSA) is 71.5 Å². The van der Waals surface area contributed by atoms with Gasteiger partial charge in [-0.3, -0.25) is 19.5 Å². The van der Waals surface area contributed by atoms with Gasteiger partial charge in [0, 0.05) is 17.4 Å². The molecule has 1 atom stereocenters. The van der Waals surface area contributed by atoms with E-state index in [0.29, 0.717) is 16.5 Å². The summed E-state index contributed by atoms with van der Waals surface area (Å²) < 4.78 is 5.36. The maximum absolute atomic E-state index is 12.3. The van der Waals surface area contributed by atoms with Crippen molar-refractivity contribution in [2.75, 3.05) is 18.1 Å². The second-order valence-electron chi connectivity index (χ2n) is 5.46. The van der Waals surface area contributed by atoms with Crippen molar-refractivity contribution in [3.63, 3.8) is 0 Å². The molecule has 2 amide bonds. The van der Waals surface area contributed by atoms with E-state index in [9.17, 15) is 9.59 Å². The number of benzene rings is 1. The van der Waals surface area contributed by atoms with Gasteiger partial charge in [-0.1, -0.05) is 17.7 Å². The van der Waals surface area contributed by atoms with Gasteiger partial charge in [-0.25, -0.2) is 0 Å². The predicted molar refractivity (Wildman–Crippen MR) is 90.1 cm³/mol. The molecule has 6 nitrogen and oxygen atoms in total. The minimum Gasteiger partial charge on any atom is -0.482 e. The monoisotopic (exact) mass is 345 g/mol. The highest BCUT2D eigenvalue weighted by Gasteiger charge is 2.28. The molecule has 1 aromatic heterocycles. The normalized spacial score (nSPS) is 14.6. The number of halogens is 1. The maximum Gasteiger partial charge on any atom is 0.265 e. The number of fused-ring (bicyclic) bond motifs is 1. The lowest BCUT2D eigenvalue weighted by atomic mass is 10.1. The number of nitrogens with one attached hydrogen (secondary N) is 1. The third kappa shape index (κ3) is 3.49. The van der Waals surface area contributed by atoms with E-state index in [1.807, 2.05) is 19.1 Å². The van der Waals surface area contributed by atoms with Gasteiger partial charge in [0.2, 0.25) is 5.91 Å².